The zero-order valence-electron chi connectivity index (χ0n) is 10.5. The van der Waals surface area contributed by atoms with Crippen LogP contribution in [0.15, 0.2) is 42.5 Å². The second-order valence-electron chi connectivity index (χ2n) is 4.42. The van der Waals surface area contributed by atoms with Crippen LogP contribution < -0.4 is 0 Å². The molecule has 0 saturated carbocycles. The van der Waals surface area contributed by atoms with E-state index >= 15 is 0 Å². The lowest BCUT2D eigenvalue weighted by Crippen LogP contribution is -2.02. The normalized spacial score (nSPS) is 11.2. The zero-order valence-corrected chi connectivity index (χ0v) is 13.4. The topological polar surface area (TPSA) is 17.8 Å². The molecule has 0 amide bonds. The molecule has 0 radical (unpaired) electrons. The second kappa shape index (κ2) is 5.69. The predicted octanol–water partition coefficient (Wildman–Crippen LogP) is 4.55. The Kier molecular flexibility index (Phi) is 3.94. The second-order valence-corrected chi connectivity index (χ2v) is 6.04. The molecule has 0 N–H and O–H groups in total. The molecule has 0 bridgehead atoms. The maximum atomic E-state index is 13.5. The molecule has 2 nitrogen and oxygen atoms in total. The Balaban J connectivity index is 2.28. The van der Waals surface area contributed by atoms with Crippen molar-refractivity contribution in [3.8, 4) is 5.69 Å². The van der Waals surface area contributed by atoms with Gasteiger partial charge in [0.15, 0.2) is 0 Å². The average molecular weight is 401 g/mol. The van der Waals surface area contributed by atoms with Gasteiger partial charge in [-0.15, -0.1) is 11.6 Å². The van der Waals surface area contributed by atoms with Crippen LogP contribution in [0.25, 0.3) is 16.7 Å². The molecule has 1 heterocycles. The minimum Gasteiger partial charge on any atom is -0.296 e. The number of alkyl halides is 1. The Morgan fingerprint density at radius 3 is 2.80 bits per heavy atom. The Morgan fingerprint density at radius 1 is 1.20 bits per heavy atom. The highest BCUT2D eigenvalue weighted by atomic mass is 127. The molecule has 0 spiro atoms. The fourth-order valence-corrected chi connectivity index (χ4v) is 2.90. The molecule has 5 heteroatoms. The van der Waals surface area contributed by atoms with E-state index in [9.17, 15) is 4.39 Å². The van der Waals surface area contributed by atoms with Crippen LogP contribution >= 0.6 is 34.2 Å². The van der Waals surface area contributed by atoms with E-state index in [-0.39, 0.29) is 5.82 Å². The van der Waals surface area contributed by atoms with Crippen molar-refractivity contribution in [1.82, 2.24) is 9.55 Å². The number of imidazole rings is 1. The number of rotatable bonds is 3. The fraction of sp³-hybridized carbons (Fsp3) is 0.133. The first-order valence-corrected chi connectivity index (χ1v) is 7.79. The van der Waals surface area contributed by atoms with Gasteiger partial charge in [-0.3, -0.25) is 4.57 Å². The standard InChI is InChI=1S/C15H11ClFIN2/c16-7-6-15-19-13-9-11(18)4-5-14(13)20(15)12-3-1-2-10(17)8-12/h1-5,8-9H,6-7H2. The summed E-state index contributed by atoms with van der Waals surface area (Å²) in [6.45, 7) is 0. The Morgan fingerprint density at radius 2 is 2.05 bits per heavy atom. The van der Waals surface area contributed by atoms with Gasteiger partial charge < -0.3 is 0 Å². The lowest BCUT2D eigenvalue weighted by molar-refractivity contribution is 0.626. The van der Waals surface area contributed by atoms with Crippen LogP contribution in [0.1, 0.15) is 5.82 Å². The van der Waals surface area contributed by atoms with Gasteiger partial charge in [-0.05, 0) is 59.0 Å². The summed E-state index contributed by atoms with van der Waals surface area (Å²) in [6, 6.07) is 12.6. The zero-order chi connectivity index (χ0) is 14.1. The number of hydrogen-bond acceptors (Lipinski definition) is 1. The highest BCUT2D eigenvalue weighted by Crippen LogP contribution is 2.24. The first-order chi connectivity index (χ1) is 9.69. The van der Waals surface area contributed by atoms with Crippen molar-refractivity contribution in [3.05, 3.63) is 57.7 Å². The van der Waals surface area contributed by atoms with Crippen LogP contribution in [-0.2, 0) is 6.42 Å². The molecular formula is C15H11ClFIN2. The van der Waals surface area contributed by atoms with Crippen molar-refractivity contribution < 1.29 is 4.39 Å². The molecule has 102 valence electrons. The number of aryl methyl sites for hydroxylation is 1. The summed E-state index contributed by atoms with van der Waals surface area (Å²) < 4.78 is 16.6. The predicted molar refractivity (Wildman–Crippen MR) is 88.2 cm³/mol. The van der Waals surface area contributed by atoms with Crippen molar-refractivity contribution >= 4 is 45.2 Å². The quantitative estimate of drug-likeness (QED) is 0.466. The van der Waals surface area contributed by atoms with Crippen LogP contribution in [-0.4, -0.2) is 15.4 Å². The van der Waals surface area contributed by atoms with E-state index < -0.39 is 0 Å². The molecule has 1 aromatic heterocycles. The van der Waals surface area contributed by atoms with E-state index in [2.05, 4.69) is 27.6 Å². The van der Waals surface area contributed by atoms with Gasteiger partial charge in [0.05, 0.1) is 16.7 Å². The molecule has 0 fully saturated rings. The lowest BCUT2D eigenvalue weighted by Gasteiger charge is -2.08. The van der Waals surface area contributed by atoms with Crippen molar-refractivity contribution in [1.29, 1.82) is 0 Å². The molecule has 0 aliphatic carbocycles. The van der Waals surface area contributed by atoms with Crippen LogP contribution in [0, 0.1) is 9.39 Å². The van der Waals surface area contributed by atoms with E-state index in [0.29, 0.717) is 12.3 Å². The molecular weight excluding hydrogens is 390 g/mol. The third kappa shape index (κ3) is 2.54. The van der Waals surface area contributed by atoms with Crippen molar-refractivity contribution in [3.63, 3.8) is 0 Å². The van der Waals surface area contributed by atoms with Crippen LogP contribution in [0.3, 0.4) is 0 Å². The van der Waals surface area contributed by atoms with E-state index in [1.165, 1.54) is 12.1 Å². The average Bonchev–Trinajstić information content (AvgIpc) is 2.76. The van der Waals surface area contributed by atoms with Gasteiger partial charge in [0.2, 0.25) is 0 Å². The summed E-state index contributed by atoms with van der Waals surface area (Å²) in [5.74, 6) is 1.07. The summed E-state index contributed by atoms with van der Waals surface area (Å²) in [7, 11) is 0. The van der Waals surface area contributed by atoms with Crippen molar-refractivity contribution in [2.75, 3.05) is 5.88 Å². The van der Waals surface area contributed by atoms with Crippen LogP contribution in [0.4, 0.5) is 4.39 Å². The third-order valence-electron chi connectivity index (χ3n) is 3.07. The van der Waals surface area contributed by atoms with Crippen LogP contribution in [0.2, 0.25) is 0 Å². The van der Waals surface area contributed by atoms with Crippen LogP contribution in [0.5, 0.6) is 0 Å². The van der Waals surface area contributed by atoms with Gasteiger partial charge in [-0.25, -0.2) is 9.37 Å². The number of halogens is 3. The van der Waals surface area contributed by atoms with Gasteiger partial charge >= 0.3 is 0 Å². The number of fused-ring (bicyclic) bond motifs is 1. The minimum atomic E-state index is -0.258. The molecule has 0 atom stereocenters. The smallest absolute Gasteiger partial charge is 0.125 e. The van der Waals surface area contributed by atoms with Gasteiger partial charge in [0.1, 0.15) is 11.6 Å². The van der Waals surface area contributed by atoms with Crippen molar-refractivity contribution in [2.45, 2.75) is 6.42 Å². The number of nitrogens with zero attached hydrogens (tertiary/aromatic N) is 2. The summed E-state index contributed by atoms with van der Waals surface area (Å²) in [5.41, 5.74) is 2.64. The first kappa shape index (κ1) is 13.8. The first-order valence-electron chi connectivity index (χ1n) is 6.18. The largest absolute Gasteiger partial charge is 0.296 e. The minimum absolute atomic E-state index is 0.258. The monoisotopic (exact) mass is 400 g/mol. The Hall–Kier alpha value is -1.14. The summed E-state index contributed by atoms with van der Waals surface area (Å²) in [6.07, 6.45) is 0.642. The molecule has 3 aromatic rings. The maximum absolute atomic E-state index is 13.5. The highest BCUT2D eigenvalue weighted by Gasteiger charge is 2.12. The molecule has 0 aliphatic rings. The fourth-order valence-electron chi connectivity index (χ4n) is 2.26. The SMILES string of the molecule is Fc1cccc(-n2c(CCCl)nc3cc(I)ccc32)c1. The van der Waals surface area contributed by atoms with Crippen molar-refractivity contribution in [2.24, 2.45) is 0 Å². The van der Waals surface area contributed by atoms with Gasteiger partial charge in [0, 0.05) is 15.9 Å². The summed E-state index contributed by atoms with van der Waals surface area (Å²) >= 11 is 8.11. The number of benzene rings is 2. The molecule has 0 saturated heterocycles. The van der Waals surface area contributed by atoms with Gasteiger partial charge in [-0.2, -0.15) is 0 Å². The molecule has 3 rings (SSSR count). The molecule has 0 unspecified atom stereocenters. The third-order valence-corrected chi connectivity index (χ3v) is 3.93. The van der Waals surface area contributed by atoms with E-state index in [4.69, 9.17) is 11.6 Å². The summed E-state index contributed by atoms with van der Waals surface area (Å²) in [4.78, 5) is 4.62. The van der Waals surface area contributed by atoms with Gasteiger partial charge in [-0.1, -0.05) is 6.07 Å². The van der Waals surface area contributed by atoms with E-state index in [0.717, 1.165) is 26.1 Å². The Bertz CT molecular complexity index is 770. The number of aromatic nitrogens is 2. The Labute approximate surface area is 134 Å². The van der Waals surface area contributed by atoms with E-state index in [1.54, 1.807) is 6.07 Å². The van der Waals surface area contributed by atoms with E-state index in [1.807, 2.05) is 28.8 Å². The molecule has 20 heavy (non-hydrogen) atoms. The molecule has 0 aliphatic heterocycles. The van der Waals surface area contributed by atoms with Gasteiger partial charge in [0.25, 0.3) is 0 Å². The number of hydrogen-bond donors (Lipinski definition) is 0. The molecule has 2 aromatic carbocycles. The maximum Gasteiger partial charge on any atom is 0.125 e. The highest BCUT2D eigenvalue weighted by molar-refractivity contribution is 14.1. The summed E-state index contributed by atoms with van der Waals surface area (Å²) in [5, 5.41) is 0. The lowest BCUT2D eigenvalue weighted by atomic mass is 10.2.